The normalized spacial score (nSPS) is 20.6. The Labute approximate surface area is 153 Å². The highest BCUT2D eigenvalue weighted by Gasteiger charge is 2.54. The van der Waals surface area contributed by atoms with Crippen LogP contribution in [0.1, 0.15) is 47.7 Å². The molecule has 1 atom stereocenters. The summed E-state index contributed by atoms with van der Waals surface area (Å²) in [6.07, 6.45) is 3.10. The molecule has 0 radical (unpaired) electrons. The van der Waals surface area contributed by atoms with E-state index in [1.54, 1.807) is 6.07 Å². The molecule has 0 bridgehead atoms. The highest BCUT2D eigenvalue weighted by molar-refractivity contribution is 6.15. The zero-order valence-corrected chi connectivity index (χ0v) is 15.1. The summed E-state index contributed by atoms with van der Waals surface area (Å²) in [6, 6.07) is 13.3. The summed E-state index contributed by atoms with van der Waals surface area (Å²) in [5.41, 5.74) is 2.72. The summed E-state index contributed by atoms with van der Waals surface area (Å²) in [6.45, 7) is 4.75. The van der Waals surface area contributed by atoms with E-state index in [9.17, 15) is 9.59 Å². The lowest BCUT2D eigenvalue weighted by Crippen LogP contribution is -2.60. The molecule has 2 aliphatic rings. The number of nitrogens with zero attached hydrogens (tertiary/aromatic N) is 1. The predicted octanol–water partition coefficient (Wildman–Crippen LogP) is 3.54. The highest BCUT2D eigenvalue weighted by atomic mass is 16.2. The minimum absolute atomic E-state index is 0.114. The lowest BCUT2D eigenvalue weighted by atomic mass is 9.94. The van der Waals surface area contributed by atoms with Crippen LogP contribution in [0.5, 0.6) is 0 Å². The van der Waals surface area contributed by atoms with Crippen molar-refractivity contribution in [3.05, 3.63) is 59.2 Å². The van der Waals surface area contributed by atoms with Gasteiger partial charge in [-0.25, -0.2) is 0 Å². The molecule has 0 aromatic heterocycles. The number of carbonyl (C=O) groups is 2. The van der Waals surface area contributed by atoms with Gasteiger partial charge in [-0.3, -0.25) is 9.59 Å². The van der Waals surface area contributed by atoms with Gasteiger partial charge in [0.2, 0.25) is 5.66 Å². The maximum atomic E-state index is 13.4. The van der Waals surface area contributed by atoms with Crippen LogP contribution < -0.4 is 15.5 Å². The fourth-order valence-corrected chi connectivity index (χ4v) is 3.92. The van der Waals surface area contributed by atoms with Crippen LogP contribution in [0.15, 0.2) is 42.5 Å². The van der Waals surface area contributed by atoms with Gasteiger partial charge in [-0.1, -0.05) is 50.1 Å². The van der Waals surface area contributed by atoms with E-state index in [-0.39, 0.29) is 11.8 Å². The van der Waals surface area contributed by atoms with E-state index in [1.165, 1.54) is 0 Å². The first-order valence-corrected chi connectivity index (χ1v) is 9.20. The molecular formula is C21H23N3O2. The van der Waals surface area contributed by atoms with E-state index in [1.807, 2.05) is 48.2 Å². The van der Waals surface area contributed by atoms with Gasteiger partial charge in [0.05, 0.1) is 16.9 Å². The minimum Gasteiger partial charge on any atom is -0.350 e. The fraction of sp³-hybridized carbons (Fsp3) is 0.333. The third-order valence-corrected chi connectivity index (χ3v) is 5.28. The molecule has 2 aliphatic heterocycles. The third kappa shape index (κ3) is 2.30. The molecule has 0 unspecified atom stereocenters. The van der Waals surface area contributed by atoms with Crippen molar-refractivity contribution >= 4 is 23.2 Å². The quantitative estimate of drug-likeness (QED) is 0.830. The van der Waals surface area contributed by atoms with E-state index < -0.39 is 5.66 Å². The molecule has 2 aromatic carbocycles. The van der Waals surface area contributed by atoms with Crippen molar-refractivity contribution in [2.75, 3.05) is 16.8 Å². The summed E-state index contributed by atoms with van der Waals surface area (Å²) < 4.78 is 0. The number of rotatable bonds is 4. The Morgan fingerprint density at radius 3 is 2.62 bits per heavy atom. The largest absolute Gasteiger partial charge is 0.350 e. The Morgan fingerprint density at radius 2 is 1.81 bits per heavy atom. The number of anilines is 2. The van der Waals surface area contributed by atoms with Crippen molar-refractivity contribution in [2.45, 2.75) is 38.8 Å². The summed E-state index contributed by atoms with van der Waals surface area (Å²) in [7, 11) is 0. The fourth-order valence-electron chi connectivity index (χ4n) is 3.92. The minimum atomic E-state index is -1.22. The van der Waals surface area contributed by atoms with E-state index >= 15 is 0 Å². The Hall–Kier alpha value is -2.82. The number of benzene rings is 2. The van der Waals surface area contributed by atoms with E-state index in [2.05, 4.69) is 17.6 Å². The van der Waals surface area contributed by atoms with Crippen molar-refractivity contribution < 1.29 is 9.59 Å². The summed E-state index contributed by atoms with van der Waals surface area (Å²) >= 11 is 0. The van der Waals surface area contributed by atoms with Gasteiger partial charge in [0.25, 0.3) is 11.8 Å². The first kappa shape index (κ1) is 16.6. The van der Waals surface area contributed by atoms with Crippen LogP contribution in [0.2, 0.25) is 0 Å². The number of amides is 2. The van der Waals surface area contributed by atoms with Crippen LogP contribution in [0.3, 0.4) is 0 Å². The number of para-hydroxylation sites is 2. The van der Waals surface area contributed by atoms with Gasteiger partial charge >= 0.3 is 0 Å². The van der Waals surface area contributed by atoms with Crippen molar-refractivity contribution in [1.29, 1.82) is 0 Å². The average molecular weight is 349 g/mol. The molecule has 0 aliphatic carbocycles. The van der Waals surface area contributed by atoms with Crippen molar-refractivity contribution in [3.8, 4) is 0 Å². The van der Waals surface area contributed by atoms with Crippen LogP contribution >= 0.6 is 0 Å². The molecule has 134 valence electrons. The molecule has 2 N–H and O–H groups in total. The molecule has 2 aromatic rings. The molecule has 0 saturated heterocycles. The van der Waals surface area contributed by atoms with E-state index in [0.29, 0.717) is 12.1 Å². The molecule has 5 heteroatoms. The Kier molecular flexibility index (Phi) is 3.94. The predicted molar refractivity (Wildman–Crippen MR) is 102 cm³/mol. The van der Waals surface area contributed by atoms with Gasteiger partial charge in [0.15, 0.2) is 0 Å². The molecule has 1 spiro atoms. The maximum Gasteiger partial charge on any atom is 0.278 e. The number of carbonyl (C=O) groups excluding carboxylic acids is 2. The number of nitrogens with one attached hydrogen (secondary N) is 2. The Bertz CT molecular complexity index is 893. The van der Waals surface area contributed by atoms with E-state index in [4.69, 9.17) is 0 Å². The SMILES string of the molecule is CCCCCN1C(=O)[C@]2(NC(=O)c3cccc(C)c3N2)c2ccccc21. The second-order valence-electron chi connectivity index (χ2n) is 7.01. The average Bonchev–Trinajstić information content (AvgIpc) is 2.86. The zero-order chi connectivity index (χ0) is 18.3. The van der Waals surface area contributed by atoms with Crippen LogP contribution in [0, 0.1) is 6.92 Å². The van der Waals surface area contributed by atoms with Crippen LogP contribution in [-0.4, -0.2) is 18.4 Å². The highest BCUT2D eigenvalue weighted by Crippen LogP contribution is 2.44. The molecule has 26 heavy (non-hydrogen) atoms. The first-order chi connectivity index (χ1) is 12.6. The van der Waals surface area contributed by atoms with Gasteiger partial charge < -0.3 is 15.5 Å². The van der Waals surface area contributed by atoms with Gasteiger partial charge in [0, 0.05) is 12.1 Å². The van der Waals surface area contributed by atoms with Crippen molar-refractivity contribution in [3.63, 3.8) is 0 Å². The van der Waals surface area contributed by atoms with Gasteiger partial charge in [0.1, 0.15) is 0 Å². The summed E-state index contributed by atoms with van der Waals surface area (Å²) in [4.78, 5) is 28.1. The second kappa shape index (κ2) is 6.16. The summed E-state index contributed by atoms with van der Waals surface area (Å²) in [5, 5.41) is 6.33. The van der Waals surface area contributed by atoms with E-state index in [0.717, 1.165) is 41.8 Å². The smallest absolute Gasteiger partial charge is 0.278 e. The number of hydrogen-bond acceptors (Lipinski definition) is 3. The van der Waals surface area contributed by atoms with Gasteiger partial charge in [-0.05, 0) is 31.0 Å². The number of hydrogen-bond donors (Lipinski definition) is 2. The van der Waals surface area contributed by atoms with Crippen LogP contribution in [-0.2, 0) is 10.5 Å². The lowest BCUT2D eigenvalue weighted by molar-refractivity contribution is -0.123. The Balaban J connectivity index is 1.80. The number of fused-ring (bicyclic) bond motifs is 3. The van der Waals surface area contributed by atoms with Crippen molar-refractivity contribution in [2.24, 2.45) is 0 Å². The molecule has 2 amide bonds. The lowest BCUT2D eigenvalue weighted by Gasteiger charge is -2.37. The topological polar surface area (TPSA) is 61.4 Å². The standard InChI is InChI=1S/C21H23N3O2/c1-3-4-7-13-24-17-12-6-5-11-16(17)21(20(24)26)22-18-14(2)9-8-10-15(18)19(25)23-21/h5-6,8-12,22H,3-4,7,13H2,1-2H3,(H,23,25)/t21-/m1/s1. The van der Waals surface area contributed by atoms with Crippen LogP contribution in [0.25, 0.3) is 0 Å². The molecule has 2 heterocycles. The molecular weight excluding hydrogens is 326 g/mol. The van der Waals surface area contributed by atoms with Crippen LogP contribution in [0.4, 0.5) is 11.4 Å². The monoisotopic (exact) mass is 349 g/mol. The molecule has 0 saturated carbocycles. The Morgan fingerprint density at radius 1 is 1.00 bits per heavy atom. The molecule has 4 rings (SSSR count). The van der Waals surface area contributed by atoms with Crippen molar-refractivity contribution in [1.82, 2.24) is 5.32 Å². The second-order valence-corrected chi connectivity index (χ2v) is 7.01. The third-order valence-electron chi connectivity index (χ3n) is 5.28. The summed E-state index contributed by atoms with van der Waals surface area (Å²) in [5.74, 6) is -0.335. The number of aryl methyl sites for hydroxylation is 1. The maximum absolute atomic E-state index is 13.4. The first-order valence-electron chi connectivity index (χ1n) is 9.20. The molecule has 0 fully saturated rings. The zero-order valence-electron chi connectivity index (χ0n) is 15.1. The van der Waals surface area contributed by atoms with Gasteiger partial charge in [-0.15, -0.1) is 0 Å². The van der Waals surface area contributed by atoms with Gasteiger partial charge in [-0.2, -0.15) is 0 Å². The molecule has 5 nitrogen and oxygen atoms in total. The number of unbranched alkanes of at least 4 members (excludes halogenated alkanes) is 2.